The fourth-order valence-electron chi connectivity index (χ4n) is 5.72. The highest BCUT2D eigenvalue weighted by atomic mass is 16.5. The number of benzene rings is 1. The predicted molar refractivity (Wildman–Crippen MR) is 149 cm³/mol. The van der Waals surface area contributed by atoms with Gasteiger partial charge in [-0.2, -0.15) is 0 Å². The Hall–Kier alpha value is -3.92. The fourth-order valence-corrected chi connectivity index (χ4v) is 5.72. The van der Waals surface area contributed by atoms with E-state index in [4.69, 9.17) is 14.9 Å². The summed E-state index contributed by atoms with van der Waals surface area (Å²) in [4.78, 5) is 47.0. The maximum atomic E-state index is 13.5. The van der Waals surface area contributed by atoms with E-state index in [1.165, 1.54) is 0 Å². The number of hydrogen-bond acceptors (Lipinski definition) is 7. The number of hydrogen-bond donors (Lipinski definition) is 2. The molecule has 1 aromatic carbocycles. The molecule has 5 rings (SSSR count). The summed E-state index contributed by atoms with van der Waals surface area (Å²) in [6.07, 6.45) is 7.12. The van der Waals surface area contributed by atoms with E-state index in [1.807, 2.05) is 35.2 Å². The van der Waals surface area contributed by atoms with Gasteiger partial charge in [0, 0.05) is 43.8 Å². The molecular weight excluding hydrogens is 510 g/mol. The monoisotopic (exact) mass is 547 g/mol. The quantitative estimate of drug-likeness (QED) is 0.399. The Morgan fingerprint density at radius 1 is 1.18 bits per heavy atom. The number of nitrogens with two attached hydrogens (primary N) is 1. The Kier molecular flexibility index (Phi) is 8.64. The molecule has 2 saturated heterocycles. The molecule has 0 aliphatic carbocycles. The first-order chi connectivity index (χ1) is 19.4. The normalized spacial score (nSPS) is 19.6. The van der Waals surface area contributed by atoms with Crippen LogP contribution < -0.4 is 15.8 Å². The van der Waals surface area contributed by atoms with Crippen molar-refractivity contribution in [2.45, 2.75) is 57.2 Å². The van der Waals surface area contributed by atoms with Crippen LogP contribution in [0.2, 0.25) is 0 Å². The van der Waals surface area contributed by atoms with E-state index in [-0.39, 0.29) is 43.0 Å². The van der Waals surface area contributed by atoms with Gasteiger partial charge in [-0.3, -0.25) is 19.4 Å². The molecule has 3 amide bonds. The smallest absolute Gasteiger partial charge is 0.243 e. The van der Waals surface area contributed by atoms with Gasteiger partial charge in [0.1, 0.15) is 23.1 Å². The maximum absolute atomic E-state index is 13.5. The van der Waals surface area contributed by atoms with Crippen molar-refractivity contribution >= 4 is 28.7 Å². The van der Waals surface area contributed by atoms with Crippen LogP contribution in [0.25, 0.3) is 11.0 Å². The van der Waals surface area contributed by atoms with Crippen molar-refractivity contribution in [1.29, 1.82) is 0 Å². The predicted octanol–water partition coefficient (Wildman–Crippen LogP) is 2.64. The van der Waals surface area contributed by atoms with Gasteiger partial charge < -0.3 is 30.0 Å². The molecule has 0 unspecified atom stereocenters. The highest BCUT2D eigenvalue weighted by Crippen LogP contribution is 2.29. The number of nitrogens with one attached hydrogen (secondary N) is 1. The second kappa shape index (κ2) is 12.5. The van der Waals surface area contributed by atoms with Gasteiger partial charge in [0.25, 0.3) is 0 Å². The summed E-state index contributed by atoms with van der Waals surface area (Å²) in [5.41, 5.74) is 8.12. The largest absolute Gasteiger partial charge is 0.497 e. The van der Waals surface area contributed by atoms with Crippen molar-refractivity contribution in [2.24, 2.45) is 11.7 Å². The third kappa shape index (κ3) is 6.44. The molecule has 3 aromatic rings. The van der Waals surface area contributed by atoms with E-state index in [1.54, 1.807) is 30.5 Å². The molecule has 2 fully saturated rings. The highest BCUT2D eigenvalue weighted by molar-refractivity contribution is 5.90. The number of fused-ring (bicyclic) bond motifs is 1. The lowest BCUT2D eigenvalue weighted by molar-refractivity contribution is -0.140. The molecule has 4 heterocycles. The molecule has 3 N–H and O–H groups in total. The van der Waals surface area contributed by atoms with Gasteiger partial charge in [0.15, 0.2) is 0 Å². The Bertz CT molecular complexity index is 1300. The van der Waals surface area contributed by atoms with E-state index < -0.39 is 12.1 Å². The standard InChI is InChI=1S/C30H37N5O5/c1-39-23-6-4-20(5-7-23)14-21-15-26(29(37)33-18-24-16-22-17-32-11-10-27(22)40-24)35(19-21)30(38)25(31)8-9-28(36)34-12-2-3-13-34/h4-7,10-11,16-17,21,25-26H,2-3,8-9,12-15,18-19,31H2,1H3,(H,33,37)/t21-,25-,26+/m1/s1. The molecule has 10 nitrogen and oxygen atoms in total. The van der Waals surface area contributed by atoms with Crippen molar-refractivity contribution in [3.05, 3.63) is 60.1 Å². The van der Waals surface area contributed by atoms with Crippen LogP contribution in [0.4, 0.5) is 0 Å². The molecule has 3 atom stereocenters. The Morgan fingerprint density at radius 3 is 2.67 bits per heavy atom. The van der Waals surface area contributed by atoms with Gasteiger partial charge in [0.2, 0.25) is 17.7 Å². The number of carbonyl (C=O) groups is 3. The average molecular weight is 548 g/mol. The van der Waals surface area contributed by atoms with E-state index in [0.29, 0.717) is 24.3 Å². The van der Waals surface area contributed by atoms with Crippen molar-refractivity contribution in [2.75, 3.05) is 26.7 Å². The summed E-state index contributed by atoms with van der Waals surface area (Å²) in [6.45, 7) is 2.16. The molecule has 0 bridgehead atoms. The SMILES string of the molecule is COc1ccc(C[C@@H]2C[C@@H](C(=O)NCc3cc4cnccc4o3)N(C(=O)[C@H](N)CCC(=O)N3CCCC3)C2)cc1. The minimum absolute atomic E-state index is 0.0369. The minimum Gasteiger partial charge on any atom is -0.497 e. The lowest BCUT2D eigenvalue weighted by atomic mass is 9.96. The van der Waals surface area contributed by atoms with E-state index in [0.717, 1.165) is 49.1 Å². The van der Waals surface area contributed by atoms with E-state index in [9.17, 15) is 14.4 Å². The Labute approximate surface area is 233 Å². The first-order valence-corrected chi connectivity index (χ1v) is 14.0. The first-order valence-electron chi connectivity index (χ1n) is 14.0. The summed E-state index contributed by atoms with van der Waals surface area (Å²) in [5, 5.41) is 3.81. The van der Waals surface area contributed by atoms with Crippen LogP contribution >= 0.6 is 0 Å². The zero-order chi connectivity index (χ0) is 28.1. The van der Waals surface area contributed by atoms with Crippen LogP contribution in [-0.2, 0) is 27.3 Å². The van der Waals surface area contributed by atoms with Crippen molar-refractivity contribution in [3.8, 4) is 5.75 Å². The van der Waals surface area contributed by atoms with E-state index >= 15 is 0 Å². The number of nitrogens with zero attached hydrogens (tertiary/aromatic N) is 3. The molecule has 2 aromatic heterocycles. The van der Waals surface area contributed by atoms with Crippen molar-refractivity contribution in [3.63, 3.8) is 0 Å². The van der Waals surface area contributed by atoms with Gasteiger partial charge in [0.05, 0.1) is 19.7 Å². The molecule has 0 spiro atoms. The van der Waals surface area contributed by atoms with E-state index in [2.05, 4.69) is 10.3 Å². The van der Waals surface area contributed by atoms with Crippen LogP contribution in [-0.4, -0.2) is 71.3 Å². The number of methoxy groups -OCH3 is 1. The molecule has 0 saturated carbocycles. The molecule has 10 heteroatoms. The third-order valence-corrected chi connectivity index (χ3v) is 7.91. The second-order valence-electron chi connectivity index (χ2n) is 10.7. The average Bonchev–Trinajstić information content (AvgIpc) is 3.74. The molecule has 2 aliphatic rings. The molecule has 0 radical (unpaired) electrons. The lowest BCUT2D eigenvalue weighted by Gasteiger charge is -2.27. The number of rotatable bonds is 10. The van der Waals surface area contributed by atoms with Gasteiger partial charge in [-0.15, -0.1) is 0 Å². The van der Waals surface area contributed by atoms with Gasteiger partial charge in [-0.25, -0.2) is 0 Å². The number of carbonyl (C=O) groups excluding carboxylic acids is 3. The first kappa shape index (κ1) is 27.6. The van der Waals surface area contributed by atoms with Crippen LogP contribution in [0.1, 0.15) is 43.4 Å². The number of likely N-dealkylation sites (tertiary alicyclic amines) is 2. The molecule has 2 aliphatic heterocycles. The summed E-state index contributed by atoms with van der Waals surface area (Å²) < 4.78 is 11.1. The van der Waals surface area contributed by atoms with Crippen LogP contribution in [0, 0.1) is 5.92 Å². The summed E-state index contributed by atoms with van der Waals surface area (Å²) >= 11 is 0. The summed E-state index contributed by atoms with van der Waals surface area (Å²) in [5.74, 6) is 0.976. The molecule has 40 heavy (non-hydrogen) atoms. The second-order valence-corrected chi connectivity index (χ2v) is 10.7. The summed E-state index contributed by atoms with van der Waals surface area (Å²) in [7, 11) is 1.63. The fraction of sp³-hybridized carbons (Fsp3) is 0.467. The zero-order valence-electron chi connectivity index (χ0n) is 22.9. The Morgan fingerprint density at radius 2 is 1.95 bits per heavy atom. The maximum Gasteiger partial charge on any atom is 0.243 e. The number of amides is 3. The number of ether oxygens (including phenoxy) is 1. The third-order valence-electron chi connectivity index (χ3n) is 7.91. The zero-order valence-corrected chi connectivity index (χ0v) is 22.9. The van der Waals surface area contributed by atoms with Crippen LogP contribution in [0.15, 0.2) is 53.2 Å². The molecule has 212 valence electrons. The van der Waals surface area contributed by atoms with Crippen molar-refractivity contribution < 1.29 is 23.5 Å². The van der Waals surface area contributed by atoms with Crippen molar-refractivity contribution in [1.82, 2.24) is 20.1 Å². The van der Waals surface area contributed by atoms with Crippen LogP contribution in [0.3, 0.4) is 0 Å². The Balaban J connectivity index is 1.24. The number of pyridine rings is 1. The molecular formula is C30H37N5O5. The van der Waals surface area contributed by atoms with Crippen LogP contribution in [0.5, 0.6) is 5.75 Å². The number of furan rings is 1. The highest BCUT2D eigenvalue weighted by Gasteiger charge is 2.41. The topological polar surface area (TPSA) is 131 Å². The lowest BCUT2D eigenvalue weighted by Crippen LogP contribution is -2.51. The van der Waals surface area contributed by atoms with Gasteiger partial charge in [-0.1, -0.05) is 12.1 Å². The van der Waals surface area contributed by atoms with Gasteiger partial charge in [-0.05, 0) is 67.9 Å². The minimum atomic E-state index is -0.843. The number of aromatic nitrogens is 1. The summed E-state index contributed by atoms with van der Waals surface area (Å²) in [6, 6.07) is 9.96. The van der Waals surface area contributed by atoms with Gasteiger partial charge >= 0.3 is 0 Å².